The number of halogens is 1. The number of ether oxygens (including phenoxy) is 1. The van der Waals surface area contributed by atoms with Crippen molar-refractivity contribution in [1.29, 1.82) is 0 Å². The number of hydrogen-bond acceptors (Lipinski definition) is 6. The SMILES string of the molecule is CNC(=O)C1(Nc2cccc(F)c2)CCN(C(=O)c2cc(OC)no2)CC1. The smallest absolute Gasteiger partial charge is 0.292 e. The second-order valence-corrected chi connectivity index (χ2v) is 6.32. The van der Waals surface area contributed by atoms with Gasteiger partial charge in [0.15, 0.2) is 0 Å². The van der Waals surface area contributed by atoms with E-state index in [0.29, 0.717) is 31.6 Å². The predicted octanol–water partition coefficient (Wildman–Crippen LogP) is 1.66. The van der Waals surface area contributed by atoms with Crippen LogP contribution in [0.3, 0.4) is 0 Å². The van der Waals surface area contributed by atoms with Gasteiger partial charge in [0.25, 0.3) is 11.8 Å². The first kappa shape index (κ1) is 18.7. The van der Waals surface area contributed by atoms with Crippen molar-refractivity contribution in [1.82, 2.24) is 15.4 Å². The topological polar surface area (TPSA) is 96.7 Å². The number of piperidine rings is 1. The van der Waals surface area contributed by atoms with Crippen molar-refractivity contribution in [3.63, 3.8) is 0 Å². The van der Waals surface area contributed by atoms with E-state index < -0.39 is 5.54 Å². The van der Waals surface area contributed by atoms with E-state index in [0.717, 1.165) is 0 Å². The Kier molecular flexibility index (Phi) is 5.29. The van der Waals surface area contributed by atoms with E-state index in [-0.39, 0.29) is 29.3 Å². The van der Waals surface area contributed by atoms with Crippen LogP contribution in [0.5, 0.6) is 5.88 Å². The fourth-order valence-corrected chi connectivity index (χ4v) is 3.19. The lowest BCUT2D eigenvalue weighted by atomic mass is 9.86. The molecule has 144 valence electrons. The highest BCUT2D eigenvalue weighted by Crippen LogP contribution is 2.29. The van der Waals surface area contributed by atoms with Crippen LogP contribution in [-0.4, -0.2) is 54.7 Å². The summed E-state index contributed by atoms with van der Waals surface area (Å²) in [5, 5.41) is 9.43. The fraction of sp³-hybridized carbons (Fsp3) is 0.389. The van der Waals surface area contributed by atoms with Crippen LogP contribution in [0.2, 0.25) is 0 Å². The van der Waals surface area contributed by atoms with Crippen LogP contribution < -0.4 is 15.4 Å². The first-order valence-electron chi connectivity index (χ1n) is 8.53. The Bertz CT molecular complexity index is 830. The molecule has 0 atom stereocenters. The normalized spacial score (nSPS) is 15.9. The molecule has 0 spiro atoms. The summed E-state index contributed by atoms with van der Waals surface area (Å²) in [5.41, 5.74) is -0.420. The summed E-state index contributed by atoms with van der Waals surface area (Å²) in [6, 6.07) is 7.37. The summed E-state index contributed by atoms with van der Waals surface area (Å²) in [4.78, 5) is 26.7. The van der Waals surface area contributed by atoms with Gasteiger partial charge in [-0.1, -0.05) is 6.07 Å². The molecule has 1 aliphatic heterocycles. The molecule has 0 bridgehead atoms. The Morgan fingerprint density at radius 2 is 2.04 bits per heavy atom. The first-order valence-corrected chi connectivity index (χ1v) is 8.53. The lowest BCUT2D eigenvalue weighted by Gasteiger charge is -2.41. The van der Waals surface area contributed by atoms with Crippen molar-refractivity contribution in [2.75, 3.05) is 32.6 Å². The van der Waals surface area contributed by atoms with Crippen molar-refractivity contribution in [2.45, 2.75) is 18.4 Å². The number of anilines is 1. The van der Waals surface area contributed by atoms with Gasteiger partial charge in [0.05, 0.1) is 13.2 Å². The molecule has 2 heterocycles. The van der Waals surface area contributed by atoms with E-state index in [4.69, 9.17) is 9.26 Å². The van der Waals surface area contributed by atoms with Gasteiger partial charge in [-0.2, -0.15) is 0 Å². The molecule has 1 aromatic carbocycles. The van der Waals surface area contributed by atoms with E-state index >= 15 is 0 Å². The molecule has 2 N–H and O–H groups in total. The number of carbonyl (C=O) groups excluding carboxylic acids is 2. The minimum atomic E-state index is -0.932. The van der Waals surface area contributed by atoms with E-state index in [9.17, 15) is 14.0 Å². The molecule has 27 heavy (non-hydrogen) atoms. The molecule has 8 nitrogen and oxygen atoms in total. The van der Waals surface area contributed by atoms with Crippen LogP contribution in [0.1, 0.15) is 23.4 Å². The molecule has 0 unspecified atom stereocenters. The van der Waals surface area contributed by atoms with Crippen LogP contribution in [0, 0.1) is 5.82 Å². The molecule has 1 saturated heterocycles. The van der Waals surface area contributed by atoms with Gasteiger partial charge >= 0.3 is 0 Å². The molecule has 1 fully saturated rings. The van der Waals surface area contributed by atoms with Gasteiger partial charge in [0.2, 0.25) is 11.7 Å². The van der Waals surface area contributed by atoms with Crippen LogP contribution in [0.15, 0.2) is 34.9 Å². The Morgan fingerprint density at radius 3 is 2.63 bits per heavy atom. The number of rotatable bonds is 5. The molecule has 9 heteroatoms. The molecule has 0 radical (unpaired) electrons. The van der Waals surface area contributed by atoms with Gasteiger partial charge < -0.3 is 24.8 Å². The summed E-state index contributed by atoms with van der Waals surface area (Å²) < 4.78 is 23.4. The number of aromatic nitrogens is 1. The predicted molar refractivity (Wildman–Crippen MR) is 95.0 cm³/mol. The van der Waals surface area contributed by atoms with E-state index in [1.165, 1.54) is 25.3 Å². The average Bonchev–Trinajstić information content (AvgIpc) is 3.16. The second-order valence-electron chi connectivity index (χ2n) is 6.32. The van der Waals surface area contributed by atoms with Gasteiger partial charge in [0.1, 0.15) is 11.4 Å². The zero-order chi connectivity index (χ0) is 19.4. The van der Waals surface area contributed by atoms with E-state index in [1.807, 2.05) is 0 Å². The largest absolute Gasteiger partial charge is 0.479 e. The molecule has 2 aromatic rings. The zero-order valence-corrected chi connectivity index (χ0v) is 15.1. The summed E-state index contributed by atoms with van der Waals surface area (Å²) in [5.74, 6) is -0.610. The lowest BCUT2D eigenvalue weighted by Crippen LogP contribution is -2.58. The fourth-order valence-electron chi connectivity index (χ4n) is 3.19. The third kappa shape index (κ3) is 3.86. The number of methoxy groups -OCH3 is 1. The molecular weight excluding hydrogens is 355 g/mol. The van der Waals surface area contributed by atoms with Gasteiger partial charge in [-0.3, -0.25) is 9.59 Å². The van der Waals surface area contributed by atoms with E-state index in [1.54, 1.807) is 24.1 Å². The molecule has 1 aromatic heterocycles. The van der Waals surface area contributed by atoms with Crippen LogP contribution in [0.25, 0.3) is 0 Å². The number of hydrogen-bond donors (Lipinski definition) is 2. The Balaban J connectivity index is 1.73. The zero-order valence-electron chi connectivity index (χ0n) is 15.1. The van der Waals surface area contributed by atoms with Crippen LogP contribution in [-0.2, 0) is 4.79 Å². The minimum Gasteiger partial charge on any atom is -0.479 e. The van der Waals surface area contributed by atoms with Crippen molar-refractivity contribution < 1.29 is 23.2 Å². The minimum absolute atomic E-state index is 0.0809. The van der Waals surface area contributed by atoms with Gasteiger partial charge in [-0.25, -0.2) is 4.39 Å². The number of amides is 2. The lowest BCUT2D eigenvalue weighted by molar-refractivity contribution is -0.126. The number of nitrogens with zero attached hydrogens (tertiary/aromatic N) is 2. The second kappa shape index (κ2) is 7.65. The maximum Gasteiger partial charge on any atom is 0.292 e. The third-order valence-corrected chi connectivity index (χ3v) is 4.68. The first-order chi connectivity index (χ1) is 13.0. The highest BCUT2D eigenvalue weighted by Gasteiger charge is 2.42. The molecule has 2 amide bonds. The monoisotopic (exact) mass is 376 g/mol. The Hall–Kier alpha value is -3.10. The summed E-state index contributed by atoms with van der Waals surface area (Å²) >= 11 is 0. The quantitative estimate of drug-likeness (QED) is 0.824. The Labute approximate surface area is 155 Å². The summed E-state index contributed by atoms with van der Waals surface area (Å²) in [6.45, 7) is 0.662. The number of nitrogens with one attached hydrogen (secondary N) is 2. The molecule has 3 rings (SSSR count). The van der Waals surface area contributed by atoms with Crippen molar-refractivity contribution in [2.24, 2.45) is 0 Å². The molecule has 1 aliphatic rings. The van der Waals surface area contributed by atoms with Crippen LogP contribution >= 0.6 is 0 Å². The third-order valence-electron chi connectivity index (χ3n) is 4.68. The van der Waals surface area contributed by atoms with Gasteiger partial charge in [-0.15, -0.1) is 0 Å². The number of benzene rings is 1. The van der Waals surface area contributed by atoms with Gasteiger partial charge in [0, 0.05) is 25.8 Å². The van der Waals surface area contributed by atoms with Crippen molar-refractivity contribution in [3.8, 4) is 5.88 Å². The summed E-state index contributed by atoms with van der Waals surface area (Å²) in [7, 11) is 2.98. The van der Waals surface area contributed by atoms with Crippen LogP contribution in [0.4, 0.5) is 10.1 Å². The molecular formula is C18H21FN4O4. The van der Waals surface area contributed by atoms with Crippen molar-refractivity contribution in [3.05, 3.63) is 41.9 Å². The Morgan fingerprint density at radius 1 is 1.30 bits per heavy atom. The maximum absolute atomic E-state index is 13.5. The number of likely N-dealkylation sites (N-methyl/N-ethyl adjacent to an activating group) is 1. The highest BCUT2D eigenvalue weighted by molar-refractivity contribution is 5.93. The summed E-state index contributed by atoms with van der Waals surface area (Å²) in [6.07, 6.45) is 0.723. The standard InChI is InChI=1S/C18H21FN4O4/c1-20-17(25)18(21-13-5-3-4-12(19)10-13)6-8-23(9-7-18)16(24)14-11-15(26-2)22-27-14/h3-5,10-11,21H,6-9H2,1-2H3,(H,20,25). The average molecular weight is 376 g/mol. The molecule has 0 aliphatic carbocycles. The van der Waals surface area contributed by atoms with E-state index in [2.05, 4.69) is 15.8 Å². The maximum atomic E-state index is 13.5. The molecule has 0 saturated carbocycles. The van der Waals surface area contributed by atoms with Gasteiger partial charge in [-0.05, 0) is 36.2 Å². The number of carbonyl (C=O) groups is 2. The highest BCUT2D eigenvalue weighted by atomic mass is 19.1. The number of likely N-dealkylation sites (tertiary alicyclic amines) is 1. The van der Waals surface area contributed by atoms with Crippen molar-refractivity contribution >= 4 is 17.5 Å².